The summed E-state index contributed by atoms with van der Waals surface area (Å²) in [7, 11) is -2.07. The van der Waals surface area contributed by atoms with Crippen LogP contribution in [0.25, 0.3) is 0 Å². The smallest absolute Gasteiger partial charge is 0.288 e. The molecular weight excluding hydrogens is 124 g/mol. The fraction of sp³-hybridized carbons (Fsp3) is 1.00. The zero-order valence-electron chi connectivity index (χ0n) is 3.00. The summed E-state index contributed by atoms with van der Waals surface area (Å²) >= 11 is 0. The molecule has 0 heterocycles. The zero-order chi connectivity index (χ0) is 4.28. The Hall–Kier alpha value is 0.310. The minimum Gasteiger partial charge on any atom is -0.288 e. The Labute approximate surface area is 42.8 Å². The lowest BCUT2D eigenvalue weighted by Crippen LogP contribution is -1.89. The number of halogens is 1. The Morgan fingerprint density at radius 3 is 2.00 bits per heavy atom. The molecule has 0 rings (SSSR count). The van der Waals surface area contributed by atoms with Crippen LogP contribution in [-0.2, 0) is 4.57 Å². The Morgan fingerprint density at radius 2 is 2.00 bits per heavy atom. The number of rotatable bonds is 1. The maximum Gasteiger partial charge on any atom is 0.521 e. The second-order valence-corrected chi connectivity index (χ2v) is 1.60. The highest BCUT2D eigenvalue weighted by atomic mass is 35.5. The van der Waals surface area contributed by atoms with Crippen molar-refractivity contribution in [3.05, 3.63) is 0 Å². The molecule has 0 aromatic rings. The third kappa shape index (κ3) is 8.85. The predicted molar refractivity (Wildman–Crippen MR) is 26.1 cm³/mol. The summed E-state index contributed by atoms with van der Waals surface area (Å²) in [4.78, 5) is 7.75. The van der Waals surface area contributed by atoms with E-state index in [1.807, 2.05) is 0 Å². The molecule has 1 atom stereocenters. The molecular formula is CH6ClNO2P+. The highest BCUT2D eigenvalue weighted by Crippen LogP contribution is 2.04. The van der Waals surface area contributed by atoms with Gasteiger partial charge < -0.3 is 0 Å². The van der Waals surface area contributed by atoms with Gasteiger partial charge in [0.05, 0.1) is 0 Å². The standard InChI is InChI=1S/CH4NO2P.ClH/c2-1-5(3)4;/h1-2H2;1H/p+1. The van der Waals surface area contributed by atoms with E-state index in [-0.39, 0.29) is 18.7 Å². The Kier molecular flexibility index (Phi) is 8.48. The summed E-state index contributed by atoms with van der Waals surface area (Å²) in [6, 6.07) is 0. The van der Waals surface area contributed by atoms with Crippen LogP contribution in [0.4, 0.5) is 0 Å². The predicted octanol–water partition coefficient (Wildman–Crippen LogP) is 0.0591. The molecule has 0 aliphatic heterocycles. The molecule has 6 heavy (non-hydrogen) atoms. The Bertz CT molecular complexity index is 48.8. The van der Waals surface area contributed by atoms with E-state index in [0.717, 1.165) is 0 Å². The first-order valence-corrected chi connectivity index (χ1v) is 2.50. The lowest BCUT2D eigenvalue weighted by molar-refractivity contribution is 0.503. The van der Waals surface area contributed by atoms with E-state index in [0.29, 0.717) is 0 Å². The summed E-state index contributed by atoms with van der Waals surface area (Å²) in [6.45, 7) is 0. The van der Waals surface area contributed by atoms with Crippen molar-refractivity contribution < 1.29 is 9.46 Å². The van der Waals surface area contributed by atoms with Crippen LogP contribution >= 0.6 is 20.4 Å². The van der Waals surface area contributed by atoms with Gasteiger partial charge in [0.1, 0.15) is 0 Å². The number of hydrogen-bond acceptors (Lipinski definition) is 2. The topological polar surface area (TPSA) is 63.3 Å². The summed E-state index contributed by atoms with van der Waals surface area (Å²) in [5.41, 5.74) is 4.64. The van der Waals surface area contributed by atoms with Crippen molar-refractivity contribution in [2.45, 2.75) is 0 Å². The largest absolute Gasteiger partial charge is 0.521 e. The molecule has 0 aliphatic rings. The van der Waals surface area contributed by atoms with Crippen LogP contribution in [0.1, 0.15) is 0 Å². The fourth-order valence-electron chi connectivity index (χ4n) is 0. The van der Waals surface area contributed by atoms with Gasteiger partial charge in [-0.1, -0.05) is 0 Å². The second kappa shape index (κ2) is 5.31. The minimum atomic E-state index is -2.07. The Balaban J connectivity index is 0. The van der Waals surface area contributed by atoms with Crippen LogP contribution in [-0.4, -0.2) is 11.2 Å². The molecule has 0 saturated heterocycles. The third-order valence-electron chi connectivity index (χ3n) is 0.156. The van der Waals surface area contributed by atoms with Crippen molar-refractivity contribution in [2.75, 3.05) is 6.29 Å². The SMILES string of the molecule is Cl.NC[P+](=O)O. The van der Waals surface area contributed by atoms with Crippen molar-refractivity contribution in [3.8, 4) is 0 Å². The highest BCUT2D eigenvalue weighted by Gasteiger charge is 1.99. The number of nitrogens with two attached hydrogens (primary N) is 1. The summed E-state index contributed by atoms with van der Waals surface area (Å²) < 4.78 is 9.39. The first kappa shape index (κ1) is 9.58. The van der Waals surface area contributed by atoms with E-state index in [9.17, 15) is 4.57 Å². The molecule has 3 nitrogen and oxygen atoms in total. The molecule has 0 saturated carbocycles. The van der Waals surface area contributed by atoms with Crippen LogP contribution in [0.5, 0.6) is 0 Å². The van der Waals surface area contributed by atoms with Crippen molar-refractivity contribution in [1.29, 1.82) is 0 Å². The van der Waals surface area contributed by atoms with Gasteiger partial charge in [0.15, 0.2) is 0 Å². The molecule has 0 fully saturated rings. The van der Waals surface area contributed by atoms with E-state index in [1.54, 1.807) is 0 Å². The lowest BCUT2D eigenvalue weighted by Gasteiger charge is -1.55. The monoisotopic (exact) mass is 130 g/mol. The minimum absolute atomic E-state index is 0. The zero-order valence-corrected chi connectivity index (χ0v) is 4.71. The molecule has 3 N–H and O–H groups in total. The van der Waals surface area contributed by atoms with Crippen LogP contribution < -0.4 is 5.73 Å². The van der Waals surface area contributed by atoms with Crippen molar-refractivity contribution in [2.24, 2.45) is 5.73 Å². The van der Waals surface area contributed by atoms with Gasteiger partial charge in [-0.05, 0) is 4.57 Å². The van der Waals surface area contributed by atoms with E-state index in [2.05, 4.69) is 5.73 Å². The maximum atomic E-state index is 9.39. The van der Waals surface area contributed by atoms with Gasteiger partial charge in [-0.15, -0.1) is 12.4 Å². The highest BCUT2D eigenvalue weighted by molar-refractivity contribution is 7.37. The van der Waals surface area contributed by atoms with Crippen LogP contribution in [0.2, 0.25) is 0 Å². The normalized spacial score (nSPS) is 9.33. The fourth-order valence-corrected chi connectivity index (χ4v) is 0. The van der Waals surface area contributed by atoms with E-state index < -0.39 is 8.03 Å². The van der Waals surface area contributed by atoms with E-state index in [4.69, 9.17) is 4.89 Å². The maximum absolute atomic E-state index is 9.39. The average Bonchev–Trinajstić information content (AvgIpc) is 1.38. The van der Waals surface area contributed by atoms with Gasteiger partial charge in [-0.2, -0.15) is 4.89 Å². The molecule has 0 aliphatic carbocycles. The van der Waals surface area contributed by atoms with E-state index in [1.165, 1.54) is 0 Å². The summed E-state index contributed by atoms with van der Waals surface area (Å²) in [6.07, 6.45) is -0.130. The molecule has 0 amide bonds. The van der Waals surface area contributed by atoms with Crippen molar-refractivity contribution in [1.82, 2.24) is 0 Å². The van der Waals surface area contributed by atoms with E-state index >= 15 is 0 Å². The van der Waals surface area contributed by atoms with Gasteiger partial charge >= 0.3 is 8.03 Å². The number of hydrogen-bond donors (Lipinski definition) is 2. The van der Waals surface area contributed by atoms with Gasteiger partial charge in [-0.25, -0.2) is 0 Å². The molecule has 1 unspecified atom stereocenters. The third-order valence-corrected chi connectivity index (χ3v) is 0.469. The summed E-state index contributed by atoms with van der Waals surface area (Å²) in [5, 5.41) is 0. The van der Waals surface area contributed by atoms with Gasteiger partial charge in [0.25, 0.3) is 0 Å². The molecule has 0 aromatic heterocycles. The average molecular weight is 130 g/mol. The van der Waals surface area contributed by atoms with Crippen LogP contribution in [0.15, 0.2) is 0 Å². The van der Waals surface area contributed by atoms with Crippen molar-refractivity contribution >= 4 is 20.4 Å². The molecule has 38 valence electrons. The van der Waals surface area contributed by atoms with Crippen molar-refractivity contribution in [3.63, 3.8) is 0 Å². The first-order chi connectivity index (χ1) is 2.27. The molecule has 0 bridgehead atoms. The van der Waals surface area contributed by atoms with Gasteiger partial charge in [0, 0.05) is 0 Å². The van der Waals surface area contributed by atoms with Gasteiger partial charge in [0.2, 0.25) is 6.29 Å². The second-order valence-electron chi connectivity index (χ2n) is 0.535. The van der Waals surface area contributed by atoms with Gasteiger partial charge in [-0.3, -0.25) is 5.73 Å². The van der Waals surface area contributed by atoms with Crippen LogP contribution in [0.3, 0.4) is 0 Å². The molecule has 0 aromatic carbocycles. The lowest BCUT2D eigenvalue weighted by atomic mass is 11.6. The molecule has 0 spiro atoms. The van der Waals surface area contributed by atoms with Crippen LogP contribution in [0, 0.1) is 0 Å². The molecule has 5 heteroatoms. The summed E-state index contributed by atoms with van der Waals surface area (Å²) in [5.74, 6) is 0. The molecule has 0 radical (unpaired) electrons. The Morgan fingerprint density at radius 1 is 1.83 bits per heavy atom. The quantitative estimate of drug-likeness (QED) is 0.494. The first-order valence-electron chi connectivity index (χ1n) is 1.11.